The minimum Gasteiger partial charge on any atom is -0.322 e. The summed E-state index contributed by atoms with van der Waals surface area (Å²) in [5.41, 5.74) is 2.05. The van der Waals surface area contributed by atoms with Gasteiger partial charge in [0.2, 0.25) is 10.0 Å². The Kier molecular flexibility index (Phi) is 3.96. The molecule has 0 saturated carbocycles. The summed E-state index contributed by atoms with van der Waals surface area (Å²) in [5.74, 6) is 0. The number of hydrogen-bond donors (Lipinski definition) is 1. The summed E-state index contributed by atoms with van der Waals surface area (Å²) in [7, 11) is -3.31. The number of aromatic amines is 1. The average molecular weight is 294 g/mol. The van der Waals surface area contributed by atoms with Gasteiger partial charge in [0.05, 0.1) is 6.26 Å². The van der Waals surface area contributed by atoms with Crippen LogP contribution in [0.15, 0.2) is 29.1 Å². The molecule has 0 saturated heterocycles. The van der Waals surface area contributed by atoms with Gasteiger partial charge in [-0.05, 0) is 30.5 Å². The van der Waals surface area contributed by atoms with E-state index in [9.17, 15) is 13.2 Å². The molecule has 0 aliphatic rings. The van der Waals surface area contributed by atoms with E-state index >= 15 is 0 Å². The molecule has 1 heterocycles. The van der Waals surface area contributed by atoms with E-state index in [1.54, 1.807) is 13.0 Å². The average Bonchev–Trinajstić information content (AvgIpc) is 2.35. The fourth-order valence-corrected chi connectivity index (χ4v) is 2.98. The third-order valence-electron chi connectivity index (χ3n) is 3.25. The summed E-state index contributed by atoms with van der Waals surface area (Å²) in [4.78, 5) is 14.8. The Morgan fingerprint density at radius 3 is 2.55 bits per heavy atom. The predicted molar refractivity (Wildman–Crippen MR) is 80.2 cm³/mol. The second-order valence-corrected chi connectivity index (χ2v) is 6.89. The number of pyridine rings is 1. The van der Waals surface area contributed by atoms with E-state index in [2.05, 4.69) is 4.98 Å². The zero-order valence-electron chi connectivity index (χ0n) is 11.8. The SMILES string of the molecule is CCN(Cc1cc2cc(C)ccc2[nH]c1=O)S(C)(=O)=O. The maximum Gasteiger partial charge on any atom is 0.252 e. The second-order valence-electron chi connectivity index (χ2n) is 4.90. The lowest BCUT2D eigenvalue weighted by molar-refractivity contribution is 0.426. The highest BCUT2D eigenvalue weighted by Crippen LogP contribution is 2.14. The van der Waals surface area contributed by atoms with Crippen LogP contribution in [0.5, 0.6) is 0 Å². The summed E-state index contributed by atoms with van der Waals surface area (Å²) in [6.07, 6.45) is 1.15. The zero-order valence-corrected chi connectivity index (χ0v) is 12.6. The highest BCUT2D eigenvalue weighted by Gasteiger charge is 2.16. The van der Waals surface area contributed by atoms with E-state index in [0.717, 1.165) is 22.7 Å². The van der Waals surface area contributed by atoms with Crippen LogP contribution >= 0.6 is 0 Å². The molecule has 5 nitrogen and oxygen atoms in total. The summed E-state index contributed by atoms with van der Waals surface area (Å²) >= 11 is 0. The van der Waals surface area contributed by atoms with Gasteiger partial charge in [-0.2, -0.15) is 4.31 Å². The van der Waals surface area contributed by atoms with Crippen molar-refractivity contribution in [3.05, 3.63) is 45.7 Å². The number of H-pyrrole nitrogens is 1. The molecular weight excluding hydrogens is 276 g/mol. The largest absolute Gasteiger partial charge is 0.322 e. The third kappa shape index (κ3) is 3.08. The molecule has 1 N–H and O–H groups in total. The van der Waals surface area contributed by atoms with Gasteiger partial charge in [-0.15, -0.1) is 0 Å². The number of fused-ring (bicyclic) bond motifs is 1. The van der Waals surface area contributed by atoms with Gasteiger partial charge in [0.1, 0.15) is 0 Å². The summed E-state index contributed by atoms with van der Waals surface area (Å²) in [6.45, 7) is 4.15. The molecule has 20 heavy (non-hydrogen) atoms. The van der Waals surface area contributed by atoms with Gasteiger partial charge in [0, 0.05) is 24.2 Å². The van der Waals surface area contributed by atoms with Crippen molar-refractivity contribution in [2.75, 3.05) is 12.8 Å². The van der Waals surface area contributed by atoms with Crippen molar-refractivity contribution in [3.63, 3.8) is 0 Å². The molecule has 0 amide bonds. The van der Waals surface area contributed by atoms with Crippen LogP contribution in [0.1, 0.15) is 18.1 Å². The number of nitrogens with zero attached hydrogens (tertiary/aromatic N) is 1. The Balaban J connectivity index is 2.49. The van der Waals surface area contributed by atoms with Crippen molar-refractivity contribution in [2.24, 2.45) is 0 Å². The number of hydrogen-bond acceptors (Lipinski definition) is 3. The lowest BCUT2D eigenvalue weighted by atomic mass is 10.1. The lowest BCUT2D eigenvalue weighted by Gasteiger charge is -2.17. The van der Waals surface area contributed by atoms with E-state index in [0.29, 0.717) is 12.1 Å². The highest BCUT2D eigenvalue weighted by molar-refractivity contribution is 7.88. The Hall–Kier alpha value is -1.66. The molecule has 1 aromatic carbocycles. The minimum absolute atomic E-state index is 0.0918. The van der Waals surface area contributed by atoms with Crippen molar-refractivity contribution in [2.45, 2.75) is 20.4 Å². The van der Waals surface area contributed by atoms with E-state index in [-0.39, 0.29) is 12.1 Å². The standard InChI is InChI=1S/C14H18N2O3S/c1-4-16(20(3,18)19)9-12-8-11-7-10(2)5-6-13(11)15-14(12)17/h5-8H,4,9H2,1-3H3,(H,15,17). The van der Waals surface area contributed by atoms with Gasteiger partial charge in [-0.3, -0.25) is 4.79 Å². The Labute approximate surface area is 118 Å². The first-order chi connectivity index (χ1) is 9.31. The van der Waals surface area contributed by atoms with Gasteiger partial charge >= 0.3 is 0 Å². The highest BCUT2D eigenvalue weighted by atomic mass is 32.2. The Morgan fingerprint density at radius 1 is 1.25 bits per heavy atom. The number of sulfonamides is 1. The number of aromatic nitrogens is 1. The molecule has 0 fully saturated rings. The van der Waals surface area contributed by atoms with Crippen LogP contribution in [0.2, 0.25) is 0 Å². The van der Waals surface area contributed by atoms with Gasteiger partial charge in [0.15, 0.2) is 0 Å². The van der Waals surface area contributed by atoms with Crippen LogP contribution in [-0.2, 0) is 16.6 Å². The van der Waals surface area contributed by atoms with Gasteiger partial charge in [-0.25, -0.2) is 8.42 Å². The first-order valence-corrected chi connectivity index (χ1v) is 8.24. The summed E-state index contributed by atoms with van der Waals surface area (Å²) in [6, 6.07) is 7.50. The van der Waals surface area contributed by atoms with Gasteiger partial charge in [0.25, 0.3) is 5.56 Å². The van der Waals surface area contributed by atoms with Crippen LogP contribution in [0, 0.1) is 6.92 Å². The fraction of sp³-hybridized carbons (Fsp3) is 0.357. The van der Waals surface area contributed by atoms with E-state index in [1.807, 2.05) is 25.1 Å². The maximum atomic E-state index is 12.0. The van der Waals surface area contributed by atoms with Crippen LogP contribution in [-0.4, -0.2) is 30.5 Å². The number of aryl methyl sites for hydroxylation is 1. The van der Waals surface area contributed by atoms with Crippen molar-refractivity contribution >= 4 is 20.9 Å². The molecule has 6 heteroatoms. The molecule has 0 radical (unpaired) electrons. The maximum absolute atomic E-state index is 12.0. The lowest BCUT2D eigenvalue weighted by Crippen LogP contribution is -2.31. The summed E-state index contributed by atoms with van der Waals surface area (Å²) in [5, 5.41) is 0.907. The molecule has 0 atom stereocenters. The van der Waals surface area contributed by atoms with Crippen molar-refractivity contribution < 1.29 is 8.42 Å². The molecule has 108 valence electrons. The van der Waals surface area contributed by atoms with Crippen LogP contribution in [0.4, 0.5) is 0 Å². The molecule has 2 aromatic rings. The van der Waals surface area contributed by atoms with E-state index in [1.165, 1.54) is 4.31 Å². The number of nitrogens with one attached hydrogen (secondary N) is 1. The smallest absolute Gasteiger partial charge is 0.252 e. The first-order valence-electron chi connectivity index (χ1n) is 6.39. The Morgan fingerprint density at radius 2 is 1.95 bits per heavy atom. The van der Waals surface area contributed by atoms with Crippen LogP contribution in [0.25, 0.3) is 10.9 Å². The molecule has 2 rings (SSSR count). The van der Waals surface area contributed by atoms with Crippen molar-refractivity contribution in [1.82, 2.24) is 9.29 Å². The quantitative estimate of drug-likeness (QED) is 0.931. The van der Waals surface area contributed by atoms with Crippen molar-refractivity contribution in [1.29, 1.82) is 0 Å². The molecule has 0 spiro atoms. The second kappa shape index (κ2) is 5.38. The molecule has 0 aliphatic carbocycles. The third-order valence-corrected chi connectivity index (χ3v) is 4.57. The van der Waals surface area contributed by atoms with Crippen molar-refractivity contribution in [3.8, 4) is 0 Å². The molecular formula is C14H18N2O3S. The van der Waals surface area contributed by atoms with Gasteiger partial charge in [-0.1, -0.05) is 18.6 Å². The summed E-state index contributed by atoms with van der Waals surface area (Å²) < 4.78 is 24.5. The Bertz CT molecular complexity index is 794. The van der Waals surface area contributed by atoms with E-state index in [4.69, 9.17) is 0 Å². The zero-order chi connectivity index (χ0) is 14.9. The molecule has 0 aliphatic heterocycles. The molecule has 0 bridgehead atoms. The van der Waals surface area contributed by atoms with Crippen LogP contribution < -0.4 is 5.56 Å². The fourth-order valence-electron chi connectivity index (χ4n) is 2.14. The molecule has 1 aromatic heterocycles. The minimum atomic E-state index is -3.31. The van der Waals surface area contributed by atoms with Gasteiger partial charge < -0.3 is 4.98 Å². The monoisotopic (exact) mass is 294 g/mol. The number of rotatable bonds is 4. The molecule has 0 unspecified atom stereocenters. The predicted octanol–water partition coefficient (Wildman–Crippen LogP) is 1.62. The normalized spacial score (nSPS) is 12.2. The number of benzene rings is 1. The first kappa shape index (κ1) is 14.7. The van der Waals surface area contributed by atoms with Crippen LogP contribution in [0.3, 0.4) is 0 Å². The topological polar surface area (TPSA) is 70.2 Å². The van der Waals surface area contributed by atoms with E-state index < -0.39 is 10.0 Å².